The molecular formula is C22H22ClN3O4. The van der Waals surface area contributed by atoms with Crippen molar-refractivity contribution in [2.45, 2.75) is 26.8 Å². The third kappa shape index (κ3) is 6.33. The molecule has 2 aromatic carbocycles. The highest BCUT2D eigenvalue weighted by Crippen LogP contribution is 2.20. The van der Waals surface area contributed by atoms with Gasteiger partial charge in [0.1, 0.15) is 12.1 Å². The Balaban J connectivity index is 1.94. The average Bonchev–Trinajstić information content (AvgIpc) is 2.70. The van der Waals surface area contributed by atoms with Gasteiger partial charge in [-0.15, -0.1) is 0 Å². The fourth-order valence-electron chi connectivity index (χ4n) is 2.62. The van der Waals surface area contributed by atoms with Gasteiger partial charge in [0.05, 0.1) is 10.6 Å². The van der Waals surface area contributed by atoms with Crippen LogP contribution >= 0.6 is 11.6 Å². The van der Waals surface area contributed by atoms with Gasteiger partial charge in [0, 0.05) is 11.3 Å². The van der Waals surface area contributed by atoms with Crippen LogP contribution in [-0.4, -0.2) is 30.4 Å². The zero-order valence-electron chi connectivity index (χ0n) is 16.9. The Morgan fingerprint density at radius 2 is 1.90 bits per heavy atom. The van der Waals surface area contributed by atoms with Crippen molar-refractivity contribution in [1.29, 1.82) is 5.26 Å². The van der Waals surface area contributed by atoms with Crippen molar-refractivity contribution < 1.29 is 19.1 Å². The van der Waals surface area contributed by atoms with Crippen molar-refractivity contribution in [3.63, 3.8) is 0 Å². The molecule has 2 N–H and O–H groups in total. The lowest BCUT2D eigenvalue weighted by molar-refractivity contribution is -0.150. The molecule has 0 aliphatic carbocycles. The lowest BCUT2D eigenvalue weighted by atomic mass is 10.0. The minimum absolute atomic E-state index is 0.200. The summed E-state index contributed by atoms with van der Waals surface area (Å²) in [6, 6.07) is 12.4. The Labute approximate surface area is 180 Å². The first-order chi connectivity index (χ1) is 14.2. The van der Waals surface area contributed by atoms with Crippen molar-refractivity contribution in [2.24, 2.45) is 5.92 Å². The summed E-state index contributed by atoms with van der Waals surface area (Å²) < 4.78 is 5.08. The predicted octanol–water partition coefficient (Wildman–Crippen LogP) is 3.46. The molecule has 0 saturated carbocycles. The van der Waals surface area contributed by atoms with Crippen LogP contribution in [0.5, 0.6) is 0 Å². The second-order valence-electron chi connectivity index (χ2n) is 7.03. The molecule has 0 fully saturated rings. The van der Waals surface area contributed by atoms with Crippen LogP contribution in [-0.2, 0) is 14.3 Å². The number of halogens is 1. The van der Waals surface area contributed by atoms with Gasteiger partial charge in [-0.2, -0.15) is 5.26 Å². The van der Waals surface area contributed by atoms with E-state index in [1.165, 1.54) is 18.2 Å². The third-order valence-corrected chi connectivity index (χ3v) is 4.52. The Bertz CT molecular complexity index is 998. The summed E-state index contributed by atoms with van der Waals surface area (Å²) >= 11 is 5.93. The lowest BCUT2D eigenvalue weighted by Crippen LogP contribution is -2.46. The Kier molecular flexibility index (Phi) is 7.96. The van der Waals surface area contributed by atoms with Crippen LogP contribution in [0.1, 0.15) is 35.3 Å². The second-order valence-corrected chi connectivity index (χ2v) is 7.43. The summed E-state index contributed by atoms with van der Waals surface area (Å²) in [4.78, 5) is 37.0. The summed E-state index contributed by atoms with van der Waals surface area (Å²) in [5.74, 6) is -1.92. The largest absolute Gasteiger partial charge is 0.454 e. The first-order valence-corrected chi connectivity index (χ1v) is 9.62. The molecule has 1 atom stereocenters. The van der Waals surface area contributed by atoms with Gasteiger partial charge in [0.2, 0.25) is 0 Å². The molecule has 0 aliphatic heterocycles. The highest BCUT2D eigenvalue weighted by atomic mass is 35.5. The Morgan fingerprint density at radius 3 is 2.50 bits per heavy atom. The molecule has 0 spiro atoms. The quantitative estimate of drug-likeness (QED) is 0.658. The van der Waals surface area contributed by atoms with Crippen LogP contribution in [0.3, 0.4) is 0 Å². The Morgan fingerprint density at radius 1 is 1.17 bits per heavy atom. The SMILES string of the molecule is Cc1cccc(C(=O)N[C@H](C(=O)OCC(=O)Nc2ccc(C#N)c(Cl)c2)C(C)C)c1. The fraction of sp³-hybridized carbons (Fsp3) is 0.273. The van der Waals surface area contributed by atoms with E-state index in [0.717, 1.165) is 5.56 Å². The van der Waals surface area contributed by atoms with E-state index in [1.54, 1.807) is 32.0 Å². The van der Waals surface area contributed by atoms with Gasteiger partial charge in [-0.25, -0.2) is 4.79 Å². The number of benzene rings is 2. The molecule has 0 saturated heterocycles. The zero-order valence-corrected chi connectivity index (χ0v) is 17.6. The summed E-state index contributed by atoms with van der Waals surface area (Å²) in [7, 11) is 0. The van der Waals surface area contributed by atoms with Crippen LogP contribution < -0.4 is 10.6 Å². The highest BCUT2D eigenvalue weighted by molar-refractivity contribution is 6.32. The van der Waals surface area contributed by atoms with Gasteiger partial charge in [-0.05, 0) is 43.2 Å². The third-order valence-electron chi connectivity index (χ3n) is 4.21. The van der Waals surface area contributed by atoms with E-state index >= 15 is 0 Å². The molecule has 0 radical (unpaired) electrons. The van der Waals surface area contributed by atoms with Crippen molar-refractivity contribution >= 4 is 35.1 Å². The summed E-state index contributed by atoms with van der Waals surface area (Å²) in [5, 5.41) is 14.3. The summed E-state index contributed by atoms with van der Waals surface area (Å²) in [6.07, 6.45) is 0. The van der Waals surface area contributed by atoms with E-state index < -0.39 is 30.4 Å². The van der Waals surface area contributed by atoms with Crippen LogP contribution in [0.15, 0.2) is 42.5 Å². The fourth-order valence-corrected chi connectivity index (χ4v) is 2.84. The first kappa shape index (κ1) is 22.9. The van der Waals surface area contributed by atoms with Crippen LogP contribution in [0.4, 0.5) is 5.69 Å². The number of aryl methyl sites for hydroxylation is 1. The predicted molar refractivity (Wildman–Crippen MR) is 113 cm³/mol. The molecular weight excluding hydrogens is 406 g/mol. The number of nitriles is 1. The number of hydrogen-bond acceptors (Lipinski definition) is 5. The van der Waals surface area contributed by atoms with E-state index in [0.29, 0.717) is 11.3 Å². The number of rotatable bonds is 7. The van der Waals surface area contributed by atoms with Gasteiger partial charge in [0.25, 0.3) is 11.8 Å². The number of carbonyl (C=O) groups excluding carboxylic acids is 3. The minimum Gasteiger partial charge on any atom is -0.454 e. The smallest absolute Gasteiger partial charge is 0.329 e. The number of nitrogens with one attached hydrogen (secondary N) is 2. The Hall–Kier alpha value is -3.37. The molecule has 2 rings (SSSR count). The maximum Gasteiger partial charge on any atom is 0.329 e. The first-order valence-electron chi connectivity index (χ1n) is 9.25. The van der Waals surface area contributed by atoms with Gasteiger partial charge >= 0.3 is 5.97 Å². The number of esters is 1. The molecule has 2 aromatic rings. The number of anilines is 1. The molecule has 0 aliphatic rings. The monoisotopic (exact) mass is 427 g/mol. The van der Waals surface area contributed by atoms with E-state index in [1.807, 2.05) is 19.1 Å². The van der Waals surface area contributed by atoms with Crippen LogP contribution in [0, 0.1) is 24.2 Å². The van der Waals surface area contributed by atoms with E-state index in [4.69, 9.17) is 21.6 Å². The molecule has 0 aromatic heterocycles. The van der Waals surface area contributed by atoms with Gasteiger partial charge < -0.3 is 15.4 Å². The van der Waals surface area contributed by atoms with Crippen molar-refractivity contribution in [3.8, 4) is 6.07 Å². The molecule has 0 unspecified atom stereocenters. The zero-order chi connectivity index (χ0) is 22.3. The molecule has 2 amide bonds. The van der Waals surface area contributed by atoms with Gasteiger partial charge in [-0.1, -0.05) is 43.1 Å². The van der Waals surface area contributed by atoms with Crippen LogP contribution in [0.2, 0.25) is 5.02 Å². The highest BCUT2D eigenvalue weighted by Gasteiger charge is 2.26. The number of amides is 2. The van der Waals surface area contributed by atoms with E-state index in [-0.39, 0.29) is 16.5 Å². The van der Waals surface area contributed by atoms with Crippen molar-refractivity contribution in [2.75, 3.05) is 11.9 Å². The second kappa shape index (κ2) is 10.4. The molecule has 30 heavy (non-hydrogen) atoms. The normalized spacial score (nSPS) is 11.3. The van der Waals surface area contributed by atoms with Gasteiger partial charge in [-0.3, -0.25) is 9.59 Å². The summed E-state index contributed by atoms with van der Waals surface area (Å²) in [5.41, 5.74) is 2.01. The molecule has 156 valence electrons. The van der Waals surface area contributed by atoms with Crippen LogP contribution in [0.25, 0.3) is 0 Å². The maximum absolute atomic E-state index is 12.4. The average molecular weight is 428 g/mol. The van der Waals surface area contributed by atoms with Crippen molar-refractivity contribution in [1.82, 2.24) is 5.32 Å². The molecule has 0 heterocycles. The number of ether oxygens (including phenoxy) is 1. The minimum atomic E-state index is -0.907. The van der Waals surface area contributed by atoms with Gasteiger partial charge in [0.15, 0.2) is 6.61 Å². The molecule has 0 bridgehead atoms. The maximum atomic E-state index is 12.4. The topological polar surface area (TPSA) is 108 Å². The molecule has 7 nitrogen and oxygen atoms in total. The van der Waals surface area contributed by atoms with E-state index in [9.17, 15) is 14.4 Å². The number of carbonyl (C=O) groups is 3. The molecule has 8 heteroatoms. The lowest BCUT2D eigenvalue weighted by Gasteiger charge is -2.21. The number of hydrogen-bond donors (Lipinski definition) is 2. The standard InChI is InChI=1S/C22H22ClN3O4/c1-13(2)20(26-21(28)15-6-4-5-14(3)9-15)22(29)30-12-19(27)25-17-8-7-16(11-24)18(23)10-17/h4-10,13,20H,12H2,1-3H3,(H,25,27)(H,26,28)/t20-/m0/s1. The number of nitrogens with zero attached hydrogens (tertiary/aromatic N) is 1. The van der Waals surface area contributed by atoms with Crippen molar-refractivity contribution in [3.05, 3.63) is 64.2 Å². The van der Waals surface area contributed by atoms with E-state index in [2.05, 4.69) is 10.6 Å². The summed E-state index contributed by atoms with van der Waals surface area (Å²) in [6.45, 7) is 4.87.